The van der Waals surface area contributed by atoms with E-state index < -0.39 is 36.4 Å². The van der Waals surface area contributed by atoms with Gasteiger partial charge in [0.1, 0.15) is 29.2 Å². The van der Waals surface area contributed by atoms with Gasteiger partial charge in [0.05, 0.1) is 32.9 Å². The first-order valence-electron chi connectivity index (χ1n) is 16.5. The number of likely N-dealkylation sites (tertiary alicyclic amines) is 1. The number of piperidine rings is 1. The van der Waals surface area contributed by atoms with Gasteiger partial charge >= 0.3 is 0 Å². The summed E-state index contributed by atoms with van der Waals surface area (Å²) in [5.74, 6) is 0.619. The van der Waals surface area contributed by atoms with Gasteiger partial charge in [-0.3, -0.25) is 14.4 Å². The molecule has 15 heteroatoms. The summed E-state index contributed by atoms with van der Waals surface area (Å²) in [5.41, 5.74) is 7.68. The first kappa shape index (κ1) is 38.5. The van der Waals surface area contributed by atoms with Gasteiger partial charge in [0.2, 0.25) is 0 Å². The quantitative estimate of drug-likeness (QED) is 0.243. The third-order valence-electron chi connectivity index (χ3n) is 8.78. The van der Waals surface area contributed by atoms with Crippen LogP contribution in [-0.2, 0) is 17.9 Å². The molecule has 3 amide bonds. The molecule has 4 aromatic rings. The van der Waals surface area contributed by atoms with Gasteiger partial charge in [0.25, 0.3) is 17.7 Å². The standard InChI is InChI=1S/C38H39FN4O9.ClH/c1-47-29-5-4-6-30(27(29)18-40)52-35-16-24(8-10-33(35)49-3)38(46)43-12-11-31-28(20-43)42-36(44)21-50-34-15-23(7-9-32(34)48-2)37(45)41-19-22-13-25(39)17-26(14-22)51-31;/h4-10,13-17,28,31H,11-12,18-21,40H2,1-3H3,(H,41,45)(H,42,44);1H/t28-,31+;/m1./s1. The van der Waals surface area contributed by atoms with E-state index in [0.717, 1.165) is 0 Å². The molecule has 1 fully saturated rings. The monoisotopic (exact) mass is 750 g/mol. The molecule has 2 atom stereocenters. The van der Waals surface area contributed by atoms with Gasteiger partial charge in [-0.05, 0) is 66.2 Å². The first-order chi connectivity index (χ1) is 25.2. The van der Waals surface area contributed by atoms with E-state index in [1.54, 1.807) is 66.6 Å². The number of nitrogens with two attached hydrogens (primary N) is 1. The van der Waals surface area contributed by atoms with Crippen molar-refractivity contribution in [3.63, 3.8) is 0 Å². The second kappa shape index (κ2) is 17.2. The number of hydrogen-bond acceptors (Lipinski definition) is 10. The van der Waals surface area contributed by atoms with Crippen LogP contribution >= 0.6 is 12.4 Å². The van der Waals surface area contributed by atoms with Gasteiger partial charge in [-0.25, -0.2) is 4.39 Å². The third kappa shape index (κ3) is 8.84. The molecule has 1 saturated heterocycles. The summed E-state index contributed by atoms with van der Waals surface area (Å²) < 4.78 is 49.4. The molecule has 4 aromatic carbocycles. The number of rotatable bonds is 7. The molecule has 2 heterocycles. The van der Waals surface area contributed by atoms with Crippen LogP contribution in [0.3, 0.4) is 0 Å². The molecule has 6 rings (SSSR count). The van der Waals surface area contributed by atoms with Gasteiger partial charge < -0.3 is 49.7 Å². The van der Waals surface area contributed by atoms with Crippen molar-refractivity contribution in [2.75, 3.05) is 41.0 Å². The molecule has 0 unspecified atom stereocenters. The van der Waals surface area contributed by atoms with Crippen molar-refractivity contribution in [2.45, 2.75) is 31.7 Å². The lowest BCUT2D eigenvalue weighted by Crippen LogP contribution is -2.58. The number of fused-ring (bicyclic) bond motifs is 5. The van der Waals surface area contributed by atoms with Crippen LogP contribution in [0.2, 0.25) is 0 Å². The van der Waals surface area contributed by atoms with Crippen LogP contribution in [0, 0.1) is 5.82 Å². The summed E-state index contributed by atoms with van der Waals surface area (Å²) in [6.07, 6.45) is -0.334. The van der Waals surface area contributed by atoms with E-state index in [1.807, 2.05) is 0 Å². The molecule has 4 bridgehead atoms. The highest BCUT2D eigenvalue weighted by Crippen LogP contribution is 2.37. The maximum Gasteiger partial charge on any atom is 0.258 e. The Hall–Kier alpha value is -5.73. The molecule has 0 radical (unpaired) electrons. The minimum atomic E-state index is -0.709. The van der Waals surface area contributed by atoms with Crippen LogP contribution in [0.5, 0.6) is 40.2 Å². The fourth-order valence-corrected chi connectivity index (χ4v) is 6.19. The Bertz CT molecular complexity index is 1980. The first-order valence-corrected chi connectivity index (χ1v) is 16.5. The molecule has 0 aromatic heterocycles. The highest BCUT2D eigenvalue weighted by atomic mass is 35.5. The average Bonchev–Trinajstić information content (AvgIpc) is 3.15. The molecule has 0 spiro atoms. The van der Waals surface area contributed by atoms with Gasteiger partial charge in [-0.1, -0.05) is 6.07 Å². The number of hydrogen-bond donors (Lipinski definition) is 3. The number of methoxy groups -OCH3 is 3. The second-order valence-electron chi connectivity index (χ2n) is 12.1. The van der Waals surface area contributed by atoms with Crippen LogP contribution in [0.4, 0.5) is 4.39 Å². The van der Waals surface area contributed by atoms with Gasteiger partial charge in [-0.15, -0.1) is 12.4 Å². The van der Waals surface area contributed by atoms with Gasteiger partial charge in [0, 0.05) is 49.8 Å². The molecule has 0 saturated carbocycles. The van der Waals surface area contributed by atoms with Crippen LogP contribution in [0.1, 0.15) is 38.3 Å². The molecule has 0 aliphatic carbocycles. The Kier molecular flexibility index (Phi) is 12.5. The Balaban J connectivity index is 0.00000541. The van der Waals surface area contributed by atoms with Crippen molar-refractivity contribution in [1.29, 1.82) is 0 Å². The fraction of sp³-hybridized carbons (Fsp3) is 0.289. The number of carbonyl (C=O) groups is 3. The van der Waals surface area contributed by atoms with Gasteiger partial charge in [0.15, 0.2) is 29.6 Å². The van der Waals surface area contributed by atoms with Crippen LogP contribution in [0.25, 0.3) is 0 Å². The Morgan fingerprint density at radius 2 is 1.68 bits per heavy atom. The summed E-state index contributed by atoms with van der Waals surface area (Å²) in [4.78, 5) is 41.9. The summed E-state index contributed by atoms with van der Waals surface area (Å²) in [6, 6.07) is 18.2. The molecule has 53 heavy (non-hydrogen) atoms. The molecular formula is C38H40ClFN4O9. The van der Waals surface area contributed by atoms with Crippen LogP contribution in [-0.4, -0.2) is 75.8 Å². The molecule has 2 aliphatic rings. The summed E-state index contributed by atoms with van der Waals surface area (Å²) >= 11 is 0. The largest absolute Gasteiger partial charge is 0.496 e. The van der Waals surface area contributed by atoms with Crippen molar-refractivity contribution in [3.05, 3.63) is 101 Å². The molecular weight excluding hydrogens is 711 g/mol. The van der Waals surface area contributed by atoms with E-state index >= 15 is 0 Å². The SMILES string of the molecule is COc1ccc2cc1OCC(=O)N[C@@H]1CN(C(=O)c3ccc(OC)c(Oc4cccc(OC)c4CN)c3)CC[C@@H]1Oc1cc(F)cc(c1)CNC2=O.Cl. The minimum Gasteiger partial charge on any atom is -0.496 e. The van der Waals surface area contributed by atoms with E-state index in [-0.39, 0.29) is 61.6 Å². The van der Waals surface area contributed by atoms with Crippen molar-refractivity contribution in [2.24, 2.45) is 5.73 Å². The van der Waals surface area contributed by atoms with Crippen LogP contribution in [0.15, 0.2) is 72.8 Å². The third-order valence-corrected chi connectivity index (χ3v) is 8.78. The molecule has 2 aliphatic heterocycles. The molecule has 280 valence electrons. The van der Waals surface area contributed by atoms with Crippen molar-refractivity contribution >= 4 is 30.1 Å². The summed E-state index contributed by atoms with van der Waals surface area (Å²) in [5, 5.41) is 5.71. The highest BCUT2D eigenvalue weighted by Gasteiger charge is 2.35. The number of ether oxygens (including phenoxy) is 6. The normalized spacial score (nSPS) is 17.0. The smallest absolute Gasteiger partial charge is 0.258 e. The number of nitrogens with one attached hydrogen (secondary N) is 2. The lowest BCUT2D eigenvalue weighted by Gasteiger charge is -2.39. The fourth-order valence-electron chi connectivity index (χ4n) is 6.19. The number of benzene rings is 4. The van der Waals surface area contributed by atoms with Crippen molar-refractivity contribution in [1.82, 2.24) is 15.5 Å². The Morgan fingerprint density at radius 3 is 2.43 bits per heavy atom. The predicted octanol–water partition coefficient (Wildman–Crippen LogP) is 4.63. The van der Waals surface area contributed by atoms with E-state index in [9.17, 15) is 18.8 Å². The topological polar surface area (TPSA) is 160 Å². The molecule has 4 N–H and O–H groups in total. The number of carbonyl (C=O) groups excluding carboxylic acids is 3. The lowest BCUT2D eigenvalue weighted by molar-refractivity contribution is -0.125. The number of halogens is 2. The molecule has 13 nitrogen and oxygen atoms in total. The van der Waals surface area contributed by atoms with Crippen molar-refractivity contribution in [3.8, 4) is 40.2 Å². The van der Waals surface area contributed by atoms with Crippen LogP contribution < -0.4 is 44.8 Å². The predicted molar refractivity (Wildman–Crippen MR) is 194 cm³/mol. The van der Waals surface area contributed by atoms with Gasteiger partial charge in [-0.2, -0.15) is 0 Å². The second-order valence-corrected chi connectivity index (χ2v) is 12.1. The number of amides is 3. The van der Waals surface area contributed by atoms with E-state index in [1.165, 1.54) is 32.4 Å². The zero-order valence-electron chi connectivity index (χ0n) is 29.3. The summed E-state index contributed by atoms with van der Waals surface area (Å²) in [6.45, 7) is 0.104. The Labute approximate surface area is 311 Å². The Morgan fingerprint density at radius 1 is 0.925 bits per heavy atom. The average molecular weight is 751 g/mol. The van der Waals surface area contributed by atoms with E-state index in [4.69, 9.17) is 34.2 Å². The zero-order chi connectivity index (χ0) is 36.8. The van der Waals surface area contributed by atoms with E-state index in [2.05, 4.69) is 10.6 Å². The highest BCUT2D eigenvalue weighted by molar-refractivity contribution is 5.95. The lowest BCUT2D eigenvalue weighted by atomic mass is 10.00. The minimum absolute atomic E-state index is 0. The van der Waals surface area contributed by atoms with Crippen molar-refractivity contribution < 1.29 is 47.2 Å². The maximum absolute atomic E-state index is 14.8. The number of nitrogens with zero attached hydrogens (tertiary/aromatic N) is 1. The summed E-state index contributed by atoms with van der Waals surface area (Å²) in [7, 11) is 4.48. The zero-order valence-corrected chi connectivity index (χ0v) is 30.1. The maximum atomic E-state index is 14.8. The van der Waals surface area contributed by atoms with E-state index in [0.29, 0.717) is 51.9 Å².